The highest BCUT2D eigenvalue weighted by atomic mass is 35.5. The van der Waals surface area contributed by atoms with Crippen LogP contribution in [0.2, 0.25) is 5.02 Å². The maximum Gasteiger partial charge on any atom is 0.308 e. The number of carboxylic acids is 1. The van der Waals surface area contributed by atoms with E-state index in [2.05, 4.69) is 4.98 Å². The van der Waals surface area contributed by atoms with E-state index in [1.807, 2.05) is 33.8 Å². The molecule has 3 atom stereocenters. The number of hydrogen-bond acceptors (Lipinski definition) is 5. The molecule has 0 radical (unpaired) electrons. The third kappa shape index (κ3) is 6.45. The maximum absolute atomic E-state index is 13.4. The summed E-state index contributed by atoms with van der Waals surface area (Å²) in [6, 6.07) is 10.5. The number of H-pyrrole nitrogens is 1. The molecule has 0 saturated carbocycles. The van der Waals surface area contributed by atoms with Crippen LogP contribution in [0.4, 0.5) is 0 Å². The molecular formula is C31H38ClN3O6. The highest BCUT2D eigenvalue weighted by Gasteiger charge is 2.48. The second-order valence-corrected chi connectivity index (χ2v) is 11.0. The van der Waals surface area contributed by atoms with Crippen LogP contribution in [-0.4, -0.2) is 77.1 Å². The quantitative estimate of drug-likeness (QED) is 0.399. The number of methoxy groups -OCH3 is 1. The van der Waals surface area contributed by atoms with Crippen LogP contribution in [-0.2, 0) is 16.0 Å². The predicted molar refractivity (Wildman–Crippen MR) is 158 cm³/mol. The molecule has 2 aliphatic heterocycles. The van der Waals surface area contributed by atoms with Crippen LogP contribution >= 0.6 is 11.6 Å². The fourth-order valence-electron chi connectivity index (χ4n) is 5.82. The standard InChI is InChI=1S/C29H32ClN3O6.C2H6/c1-16(2)39-25-7-4-17(8-26(25)38-3)28(35)33-13-19-12-32(15-23(29(36)37)22(19)14-33)27(34)9-18-11-31-24-10-20(30)5-6-21(18)24;1-2/h4-8,10-11,16,19,22-23,31H,9,12-15H2,1-3H3,(H,36,37);1-2H3. The number of carboxylic acid groups (broad SMARTS) is 1. The van der Waals surface area contributed by atoms with Crippen molar-refractivity contribution in [3.05, 3.63) is 58.7 Å². The molecule has 2 N–H and O–H groups in total. The molecule has 3 unspecified atom stereocenters. The van der Waals surface area contributed by atoms with Gasteiger partial charge >= 0.3 is 5.97 Å². The molecule has 2 saturated heterocycles. The molecule has 0 bridgehead atoms. The number of fused-ring (bicyclic) bond motifs is 2. The van der Waals surface area contributed by atoms with E-state index < -0.39 is 11.9 Å². The van der Waals surface area contributed by atoms with E-state index in [1.54, 1.807) is 46.3 Å². The highest BCUT2D eigenvalue weighted by Crippen LogP contribution is 2.37. The molecule has 5 rings (SSSR count). The van der Waals surface area contributed by atoms with Crippen molar-refractivity contribution in [2.45, 2.75) is 40.2 Å². The number of piperidine rings is 1. The Balaban J connectivity index is 0.00000189. The van der Waals surface area contributed by atoms with Gasteiger partial charge in [0.25, 0.3) is 5.91 Å². The minimum Gasteiger partial charge on any atom is -0.493 e. The Hall–Kier alpha value is -3.72. The third-order valence-corrected chi connectivity index (χ3v) is 7.92. The van der Waals surface area contributed by atoms with Gasteiger partial charge in [0.15, 0.2) is 11.5 Å². The van der Waals surface area contributed by atoms with Crippen molar-refractivity contribution >= 4 is 40.3 Å². The number of likely N-dealkylation sites (tertiary alicyclic amines) is 2. The van der Waals surface area contributed by atoms with Crippen molar-refractivity contribution in [1.29, 1.82) is 0 Å². The fourth-order valence-corrected chi connectivity index (χ4v) is 5.99. The number of rotatable bonds is 7. The van der Waals surface area contributed by atoms with Gasteiger partial charge in [-0.1, -0.05) is 31.5 Å². The molecule has 1 aromatic heterocycles. The summed E-state index contributed by atoms with van der Waals surface area (Å²) in [7, 11) is 1.52. The van der Waals surface area contributed by atoms with E-state index in [1.165, 1.54) is 7.11 Å². The van der Waals surface area contributed by atoms with Crippen LogP contribution in [0.3, 0.4) is 0 Å². The van der Waals surface area contributed by atoms with Crippen molar-refractivity contribution in [3.8, 4) is 11.5 Å². The third-order valence-electron chi connectivity index (χ3n) is 7.68. The van der Waals surface area contributed by atoms with Gasteiger partial charge in [-0.25, -0.2) is 0 Å². The normalized spacial score (nSPS) is 19.9. The number of halogens is 1. The van der Waals surface area contributed by atoms with Crippen LogP contribution in [0.25, 0.3) is 10.9 Å². The van der Waals surface area contributed by atoms with Gasteiger partial charge in [0, 0.05) is 53.9 Å². The van der Waals surface area contributed by atoms with Gasteiger partial charge in [-0.3, -0.25) is 14.4 Å². The van der Waals surface area contributed by atoms with Crippen molar-refractivity contribution in [1.82, 2.24) is 14.8 Å². The first-order valence-electron chi connectivity index (χ1n) is 14.0. The topological polar surface area (TPSA) is 112 Å². The lowest BCUT2D eigenvalue weighted by molar-refractivity contribution is -0.149. The predicted octanol–water partition coefficient (Wildman–Crippen LogP) is 5.12. The van der Waals surface area contributed by atoms with E-state index in [4.69, 9.17) is 21.1 Å². The fraction of sp³-hybridized carbons (Fsp3) is 0.452. The number of aromatic amines is 1. The Morgan fingerprint density at radius 3 is 2.44 bits per heavy atom. The maximum atomic E-state index is 13.4. The number of aromatic nitrogens is 1. The Labute approximate surface area is 245 Å². The Bertz CT molecular complexity index is 1420. The van der Waals surface area contributed by atoms with Gasteiger partial charge in [-0.2, -0.15) is 0 Å². The van der Waals surface area contributed by atoms with Crippen LogP contribution in [0.15, 0.2) is 42.6 Å². The average Bonchev–Trinajstić information content (AvgIpc) is 3.56. The van der Waals surface area contributed by atoms with Crippen molar-refractivity contribution in [2.75, 3.05) is 33.3 Å². The second kappa shape index (κ2) is 12.9. The second-order valence-electron chi connectivity index (χ2n) is 10.6. The molecule has 2 aliphatic rings. The summed E-state index contributed by atoms with van der Waals surface area (Å²) in [6.07, 6.45) is 1.90. The Morgan fingerprint density at radius 2 is 1.76 bits per heavy atom. The van der Waals surface area contributed by atoms with E-state index in [0.717, 1.165) is 16.5 Å². The molecule has 2 amide bonds. The van der Waals surface area contributed by atoms with Crippen LogP contribution in [0.1, 0.15) is 43.6 Å². The van der Waals surface area contributed by atoms with E-state index in [0.29, 0.717) is 41.7 Å². The minimum absolute atomic E-state index is 0.0461. The summed E-state index contributed by atoms with van der Waals surface area (Å²) in [5.41, 5.74) is 2.13. The molecule has 2 aromatic carbocycles. The smallest absolute Gasteiger partial charge is 0.308 e. The molecule has 2 fully saturated rings. The first kappa shape index (κ1) is 30.2. The molecule has 10 heteroatoms. The van der Waals surface area contributed by atoms with Crippen molar-refractivity contribution in [2.24, 2.45) is 17.8 Å². The largest absolute Gasteiger partial charge is 0.493 e. The number of nitrogens with zero attached hydrogens (tertiary/aromatic N) is 2. The van der Waals surface area contributed by atoms with Gasteiger partial charge in [0.1, 0.15) is 0 Å². The number of aliphatic carboxylic acids is 1. The lowest BCUT2D eigenvalue weighted by Crippen LogP contribution is -2.51. The summed E-state index contributed by atoms with van der Waals surface area (Å²) in [5.74, 6) is -1.36. The molecular weight excluding hydrogens is 546 g/mol. The van der Waals surface area contributed by atoms with Gasteiger partial charge in [0.05, 0.1) is 25.6 Å². The van der Waals surface area contributed by atoms with Crippen molar-refractivity contribution in [3.63, 3.8) is 0 Å². The minimum atomic E-state index is -0.949. The summed E-state index contributed by atoms with van der Waals surface area (Å²) in [4.78, 5) is 45.5. The average molecular weight is 584 g/mol. The van der Waals surface area contributed by atoms with E-state index in [9.17, 15) is 19.5 Å². The van der Waals surface area contributed by atoms with Gasteiger partial charge in [-0.15, -0.1) is 0 Å². The lowest BCUT2D eigenvalue weighted by Gasteiger charge is -2.38. The van der Waals surface area contributed by atoms with Gasteiger partial charge in [0.2, 0.25) is 5.91 Å². The monoisotopic (exact) mass is 583 g/mol. The molecule has 9 nitrogen and oxygen atoms in total. The van der Waals surface area contributed by atoms with Gasteiger partial charge < -0.3 is 29.4 Å². The summed E-state index contributed by atoms with van der Waals surface area (Å²) < 4.78 is 11.2. The molecule has 41 heavy (non-hydrogen) atoms. The van der Waals surface area contributed by atoms with Gasteiger partial charge in [-0.05, 0) is 61.6 Å². The molecule has 220 valence electrons. The Morgan fingerprint density at radius 1 is 1.02 bits per heavy atom. The Kier molecular flexibility index (Phi) is 9.48. The molecule has 0 spiro atoms. The first-order chi connectivity index (χ1) is 19.6. The summed E-state index contributed by atoms with van der Waals surface area (Å²) in [5, 5.41) is 11.5. The lowest BCUT2D eigenvalue weighted by atomic mass is 9.79. The summed E-state index contributed by atoms with van der Waals surface area (Å²) >= 11 is 6.08. The van der Waals surface area contributed by atoms with E-state index >= 15 is 0 Å². The zero-order valence-corrected chi connectivity index (χ0v) is 24.9. The van der Waals surface area contributed by atoms with Crippen molar-refractivity contribution < 1.29 is 29.0 Å². The van der Waals surface area contributed by atoms with Crippen LogP contribution in [0.5, 0.6) is 11.5 Å². The number of nitrogens with one attached hydrogen (secondary N) is 1. The highest BCUT2D eigenvalue weighted by molar-refractivity contribution is 6.31. The number of carbonyl (C=O) groups is 3. The molecule has 3 aromatic rings. The van der Waals surface area contributed by atoms with E-state index in [-0.39, 0.29) is 42.7 Å². The molecule has 3 heterocycles. The number of carbonyl (C=O) groups excluding carboxylic acids is 2. The zero-order chi connectivity index (χ0) is 29.8. The molecule has 0 aliphatic carbocycles. The zero-order valence-electron chi connectivity index (χ0n) is 24.1. The van der Waals surface area contributed by atoms with Crippen LogP contribution < -0.4 is 9.47 Å². The van der Waals surface area contributed by atoms with Crippen LogP contribution in [0, 0.1) is 17.8 Å². The first-order valence-corrected chi connectivity index (χ1v) is 14.4. The number of ether oxygens (including phenoxy) is 2. The number of amides is 2. The summed E-state index contributed by atoms with van der Waals surface area (Å²) in [6.45, 7) is 9.07. The SMILES string of the molecule is CC.COc1cc(C(=O)N2CC3CN(C(=O)Cc4c[nH]c5cc(Cl)ccc45)CC(C(=O)O)C3C2)ccc1OC(C)C. The number of benzene rings is 2. The number of hydrogen-bond donors (Lipinski definition) is 2.